The molecule has 1 heteroatoms. The lowest BCUT2D eigenvalue weighted by Crippen LogP contribution is -1.92. The molecule has 0 fully saturated rings. The van der Waals surface area contributed by atoms with E-state index in [4.69, 9.17) is 0 Å². The fraction of sp³-hybridized carbons (Fsp3) is 0. The van der Waals surface area contributed by atoms with Gasteiger partial charge in [0, 0.05) is 20.2 Å². The van der Waals surface area contributed by atoms with Gasteiger partial charge >= 0.3 is 0 Å². The lowest BCUT2D eigenvalue weighted by Gasteiger charge is -2.19. The van der Waals surface area contributed by atoms with Crippen LogP contribution in [0.2, 0.25) is 0 Å². The second kappa shape index (κ2) is 12.2. The van der Waals surface area contributed by atoms with Crippen molar-refractivity contribution in [2.75, 3.05) is 0 Å². The summed E-state index contributed by atoms with van der Waals surface area (Å²) in [7, 11) is 0. The first kappa shape index (κ1) is 29.6. The number of hydrogen-bond acceptors (Lipinski definition) is 1. The van der Waals surface area contributed by atoms with Crippen LogP contribution in [0.25, 0.3) is 97.4 Å². The van der Waals surface area contributed by atoms with Crippen LogP contribution in [0, 0.1) is 0 Å². The third-order valence-electron chi connectivity index (χ3n) is 10.2. The van der Waals surface area contributed by atoms with Crippen LogP contribution in [-0.4, -0.2) is 0 Å². The zero-order valence-electron chi connectivity index (χ0n) is 27.9. The minimum absolute atomic E-state index is 1.21. The van der Waals surface area contributed by atoms with Gasteiger partial charge in [-0.3, -0.25) is 0 Å². The maximum atomic E-state index is 2.43. The molecule has 0 amide bonds. The van der Waals surface area contributed by atoms with E-state index in [0.717, 1.165) is 0 Å². The molecular formula is C50H32S. The van der Waals surface area contributed by atoms with Gasteiger partial charge in [-0.1, -0.05) is 164 Å². The van der Waals surface area contributed by atoms with Crippen LogP contribution in [-0.2, 0) is 0 Å². The van der Waals surface area contributed by atoms with Crippen molar-refractivity contribution in [1.29, 1.82) is 0 Å². The molecule has 10 aromatic rings. The molecule has 10 rings (SSSR count). The number of hydrogen-bond donors (Lipinski definition) is 0. The van der Waals surface area contributed by atoms with E-state index >= 15 is 0 Å². The van der Waals surface area contributed by atoms with Crippen LogP contribution >= 0.6 is 11.3 Å². The summed E-state index contributed by atoms with van der Waals surface area (Å²) < 4.78 is 2.66. The highest BCUT2D eigenvalue weighted by atomic mass is 32.1. The summed E-state index contributed by atoms with van der Waals surface area (Å²) in [4.78, 5) is 0. The van der Waals surface area contributed by atoms with Crippen LogP contribution in [0.4, 0.5) is 0 Å². The quantitative estimate of drug-likeness (QED) is 0.161. The Balaban J connectivity index is 1.27. The Labute approximate surface area is 301 Å². The second-order valence-electron chi connectivity index (χ2n) is 13.2. The summed E-state index contributed by atoms with van der Waals surface area (Å²) in [5, 5.41) is 7.70. The van der Waals surface area contributed by atoms with E-state index in [1.165, 1.54) is 97.4 Å². The van der Waals surface area contributed by atoms with E-state index in [2.05, 4.69) is 194 Å². The van der Waals surface area contributed by atoms with Gasteiger partial charge in [-0.25, -0.2) is 0 Å². The van der Waals surface area contributed by atoms with Crippen LogP contribution < -0.4 is 0 Å². The molecule has 9 aromatic carbocycles. The molecule has 238 valence electrons. The van der Waals surface area contributed by atoms with Crippen LogP contribution in [0.5, 0.6) is 0 Å². The van der Waals surface area contributed by atoms with Crippen LogP contribution in [0.3, 0.4) is 0 Å². The van der Waals surface area contributed by atoms with Gasteiger partial charge in [-0.05, 0) is 108 Å². The molecule has 1 aromatic heterocycles. The van der Waals surface area contributed by atoms with Crippen LogP contribution in [0.15, 0.2) is 194 Å². The van der Waals surface area contributed by atoms with E-state index in [1.54, 1.807) is 0 Å². The molecule has 0 aliphatic rings. The first-order chi connectivity index (χ1) is 25.3. The third-order valence-corrected chi connectivity index (χ3v) is 11.5. The molecule has 0 aliphatic carbocycles. The second-order valence-corrected chi connectivity index (χ2v) is 14.3. The minimum Gasteiger partial charge on any atom is -0.135 e. The third kappa shape index (κ3) is 5.05. The molecule has 0 unspecified atom stereocenters. The van der Waals surface area contributed by atoms with Gasteiger partial charge in [0.1, 0.15) is 0 Å². The van der Waals surface area contributed by atoms with Crippen molar-refractivity contribution in [1.82, 2.24) is 0 Å². The maximum absolute atomic E-state index is 2.43. The lowest BCUT2D eigenvalue weighted by molar-refractivity contribution is 1.59. The number of thiophene rings is 1. The van der Waals surface area contributed by atoms with E-state index in [9.17, 15) is 0 Å². The predicted molar refractivity (Wildman–Crippen MR) is 222 cm³/mol. The van der Waals surface area contributed by atoms with Crippen molar-refractivity contribution in [3.8, 4) is 55.6 Å². The Bertz CT molecular complexity index is 2880. The van der Waals surface area contributed by atoms with Crippen molar-refractivity contribution >= 4 is 53.1 Å². The average molecular weight is 665 g/mol. The first-order valence-electron chi connectivity index (χ1n) is 17.5. The Morgan fingerprint density at radius 2 is 0.745 bits per heavy atom. The van der Waals surface area contributed by atoms with Gasteiger partial charge in [-0.15, -0.1) is 11.3 Å². The Morgan fingerprint density at radius 3 is 1.41 bits per heavy atom. The average Bonchev–Trinajstić information content (AvgIpc) is 3.59. The maximum Gasteiger partial charge on any atom is 0.0433 e. The van der Waals surface area contributed by atoms with Crippen molar-refractivity contribution in [3.05, 3.63) is 194 Å². The normalized spacial score (nSPS) is 11.5. The fourth-order valence-corrected chi connectivity index (χ4v) is 9.15. The summed E-state index contributed by atoms with van der Waals surface area (Å²) in [5.41, 5.74) is 12.4. The summed E-state index contributed by atoms with van der Waals surface area (Å²) >= 11 is 1.89. The fourth-order valence-electron chi connectivity index (χ4n) is 7.91. The Kier molecular flexibility index (Phi) is 7.11. The number of rotatable bonds is 5. The molecular weight excluding hydrogens is 633 g/mol. The molecule has 0 radical (unpaired) electrons. The topological polar surface area (TPSA) is 0 Å². The lowest BCUT2D eigenvalue weighted by atomic mass is 9.84. The molecule has 0 saturated carbocycles. The molecule has 0 spiro atoms. The molecule has 0 aliphatic heterocycles. The van der Waals surface area contributed by atoms with Crippen molar-refractivity contribution in [3.63, 3.8) is 0 Å². The predicted octanol–water partition coefficient (Wildman–Crippen LogP) is 14.7. The number of fused-ring (bicyclic) bond motifs is 5. The SMILES string of the molecule is c1ccc(-c2cc(-c3ccc4c(-c5ccccc5)c5ccccc5c(-c5ccccc5)c4c3)cc(-c3cccc4c3sc3ccccc34)c2)cc1. The molecule has 0 bridgehead atoms. The Hall–Kier alpha value is -6.28. The highest BCUT2D eigenvalue weighted by Crippen LogP contribution is 2.46. The largest absolute Gasteiger partial charge is 0.135 e. The summed E-state index contributed by atoms with van der Waals surface area (Å²) in [6.45, 7) is 0. The molecule has 1 heterocycles. The molecule has 51 heavy (non-hydrogen) atoms. The van der Waals surface area contributed by atoms with Gasteiger partial charge in [0.05, 0.1) is 0 Å². The van der Waals surface area contributed by atoms with Crippen LogP contribution in [0.1, 0.15) is 0 Å². The van der Waals surface area contributed by atoms with Crippen molar-refractivity contribution < 1.29 is 0 Å². The van der Waals surface area contributed by atoms with E-state index in [-0.39, 0.29) is 0 Å². The highest BCUT2D eigenvalue weighted by Gasteiger charge is 2.18. The zero-order valence-corrected chi connectivity index (χ0v) is 28.7. The zero-order chi connectivity index (χ0) is 33.7. The van der Waals surface area contributed by atoms with E-state index in [0.29, 0.717) is 0 Å². The smallest absolute Gasteiger partial charge is 0.0433 e. The van der Waals surface area contributed by atoms with Gasteiger partial charge < -0.3 is 0 Å². The summed E-state index contributed by atoms with van der Waals surface area (Å²) in [6.07, 6.45) is 0. The van der Waals surface area contributed by atoms with Crippen molar-refractivity contribution in [2.24, 2.45) is 0 Å². The summed E-state index contributed by atoms with van der Waals surface area (Å²) in [5.74, 6) is 0. The standard InChI is InChI=1S/C50H32S/c1-4-15-33(16-5-1)37-29-38(31-39(30-37)40-24-14-25-45-41-21-12-13-26-47(41)51-50(40)45)36-27-28-44-46(32-36)49(35-19-8-3-9-20-35)43-23-11-10-22-42(43)48(44)34-17-6-2-7-18-34/h1-32H. The van der Waals surface area contributed by atoms with Gasteiger partial charge in [-0.2, -0.15) is 0 Å². The molecule has 0 saturated heterocycles. The monoisotopic (exact) mass is 664 g/mol. The Morgan fingerprint density at radius 1 is 0.255 bits per heavy atom. The minimum atomic E-state index is 1.21. The molecule has 0 atom stereocenters. The number of benzene rings is 9. The van der Waals surface area contributed by atoms with Gasteiger partial charge in [0.2, 0.25) is 0 Å². The molecule has 0 nitrogen and oxygen atoms in total. The first-order valence-corrected chi connectivity index (χ1v) is 18.3. The van der Waals surface area contributed by atoms with Crippen molar-refractivity contribution in [2.45, 2.75) is 0 Å². The van der Waals surface area contributed by atoms with Gasteiger partial charge in [0.25, 0.3) is 0 Å². The van der Waals surface area contributed by atoms with E-state index < -0.39 is 0 Å². The van der Waals surface area contributed by atoms with Gasteiger partial charge in [0.15, 0.2) is 0 Å². The molecule has 0 N–H and O–H groups in total. The summed E-state index contributed by atoms with van der Waals surface area (Å²) in [6, 6.07) is 71.2. The highest BCUT2D eigenvalue weighted by molar-refractivity contribution is 7.26. The van der Waals surface area contributed by atoms with E-state index in [1.807, 2.05) is 11.3 Å².